The first-order chi connectivity index (χ1) is 13.7. The second-order valence-corrected chi connectivity index (χ2v) is 8.78. The van der Waals surface area contributed by atoms with Gasteiger partial charge in [-0.25, -0.2) is 4.39 Å². The van der Waals surface area contributed by atoms with Crippen LogP contribution in [0, 0.1) is 0 Å². The molecule has 5 nitrogen and oxygen atoms in total. The Bertz CT molecular complexity index is 944. The lowest BCUT2D eigenvalue weighted by atomic mass is 9.95. The lowest BCUT2D eigenvalue weighted by molar-refractivity contribution is -0.126. The zero-order valence-corrected chi connectivity index (χ0v) is 16.5. The van der Waals surface area contributed by atoms with Gasteiger partial charge in [-0.15, -0.1) is 11.3 Å². The van der Waals surface area contributed by atoms with E-state index in [1.54, 1.807) is 18.2 Å². The molecule has 4 rings (SSSR count). The van der Waals surface area contributed by atoms with Crippen LogP contribution in [-0.4, -0.2) is 53.5 Å². The zero-order chi connectivity index (χ0) is 20.9. The van der Waals surface area contributed by atoms with Gasteiger partial charge in [0.2, 0.25) is 0 Å². The zero-order valence-electron chi connectivity index (χ0n) is 15.7. The molecule has 10 heteroatoms. The molecule has 3 heterocycles. The number of piperidine rings is 1. The first-order valence-corrected chi connectivity index (χ1v) is 10.2. The number of nitrogens with one attached hydrogen (secondary N) is 1. The molecule has 2 fully saturated rings. The van der Waals surface area contributed by atoms with Gasteiger partial charge in [0, 0.05) is 12.1 Å². The number of fused-ring (bicyclic) bond motifs is 3. The van der Waals surface area contributed by atoms with Crippen molar-refractivity contribution in [2.75, 3.05) is 12.4 Å². The molecular formula is C19H22F4N4OS. The predicted molar refractivity (Wildman–Crippen MR) is 106 cm³/mol. The van der Waals surface area contributed by atoms with E-state index in [9.17, 15) is 13.2 Å². The normalized spacial score (nSPS) is 28.2. The Morgan fingerprint density at radius 3 is 2.83 bits per heavy atom. The van der Waals surface area contributed by atoms with E-state index in [1.165, 1.54) is 0 Å². The maximum Gasteiger partial charge on any atom is 0.393 e. The molecule has 4 unspecified atom stereocenters. The molecule has 158 valence electrons. The molecule has 0 aliphatic carbocycles. The Balaban J connectivity index is 1.73. The third-order valence-electron chi connectivity index (χ3n) is 6.05. The number of hydrogen-bond acceptors (Lipinski definition) is 5. The van der Waals surface area contributed by atoms with Crippen LogP contribution in [-0.2, 0) is 6.42 Å². The molecule has 4 atom stereocenters. The molecule has 1 aromatic heterocycles. The fraction of sp³-hybridized carbons (Fsp3) is 0.526. The number of rotatable bonds is 4. The molecule has 2 aromatic rings. The summed E-state index contributed by atoms with van der Waals surface area (Å²) >= 11 is 1.02. The standard InChI is InChI=1S/C19H22F4N4OS/c1-27-9-5-6-14(27)15(20)13(7-9)25-12-4-2-3-10-11(8-19(21,22)23)17(18(24)26-28)29-16(10)12/h2-4,9,13-15,25,28H,5-8H2,1H3,(H2,24,26). The molecule has 4 N–H and O–H groups in total. The van der Waals surface area contributed by atoms with Crippen molar-refractivity contribution in [3.05, 3.63) is 28.6 Å². The van der Waals surface area contributed by atoms with Gasteiger partial charge in [0.25, 0.3) is 0 Å². The highest BCUT2D eigenvalue weighted by Crippen LogP contribution is 2.42. The number of hydrogen-bond donors (Lipinski definition) is 3. The second-order valence-electron chi connectivity index (χ2n) is 7.76. The molecular weight excluding hydrogens is 408 g/mol. The topological polar surface area (TPSA) is 73.9 Å². The van der Waals surface area contributed by atoms with Crippen LogP contribution in [0.4, 0.5) is 23.2 Å². The van der Waals surface area contributed by atoms with Crippen molar-refractivity contribution in [2.45, 2.75) is 56.2 Å². The Labute approximate surface area is 169 Å². The summed E-state index contributed by atoms with van der Waals surface area (Å²) in [5.41, 5.74) is 6.19. The molecule has 0 saturated carbocycles. The van der Waals surface area contributed by atoms with Crippen molar-refractivity contribution in [1.29, 1.82) is 0 Å². The van der Waals surface area contributed by atoms with Crippen LogP contribution in [0.1, 0.15) is 29.7 Å². The molecule has 1 aromatic carbocycles. The largest absolute Gasteiger partial charge is 0.409 e. The minimum Gasteiger partial charge on any atom is -0.409 e. The number of alkyl halides is 4. The van der Waals surface area contributed by atoms with E-state index in [0.29, 0.717) is 28.2 Å². The maximum atomic E-state index is 15.0. The Hall–Kier alpha value is -2.07. The van der Waals surface area contributed by atoms with E-state index < -0.39 is 24.8 Å². The van der Waals surface area contributed by atoms with Crippen LogP contribution >= 0.6 is 11.3 Å². The van der Waals surface area contributed by atoms with Crippen LogP contribution < -0.4 is 11.1 Å². The summed E-state index contributed by atoms with van der Waals surface area (Å²) in [7, 11) is 1.94. The van der Waals surface area contributed by atoms with E-state index in [-0.39, 0.29) is 22.3 Å². The summed E-state index contributed by atoms with van der Waals surface area (Å²) in [6, 6.07) is 4.72. The van der Waals surface area contributed by atoms with E-state index in [1.807, 2.05) is 7.05 Å². The van der Waals surface area contributed by atoms with Crippen LogP contribution in [0.15, 0.2) is 23.4 Å². The average Bonchev–Trinajstić information content (AvgIpc) is 3.15. The summed E-state index contributed by atoms with van der Waals surface area (Å²) in [6.07, 6.45) is -4.30. The number of amidine groups is 1. The predicted octanol–water partition coefficient (Wildman–Crippen LogP) is 4.09. The molecule has 2 bridgehead atoms. The number of halogens is 4. The average molecular weight is 430 g/mol. The van der Waals surface area contributed by atoms with Gasteiger partial charge in [-0.1, -0.05) is 17.3 Å². The highest BCUT2D eigenvalue weighted by Gasteiger charge is 2.46. The first kappa shape index (κ1) is 20.2. The van der Waals surface area contributed by atoms with Crippen molar-refractivity contribution in [3.8, 4) is 0 Å². The highest BCUT2D eigenvalue weighted by molar-refractivity contribution is 7.21. The van der Waals surface area contributed by atoms with Gasteiger partial charge in [0.15, 0.2) is 5.84 Å². The fourth-order valence-corrected chi connectivity index (χ4v) is 5.84. The molecule has 0 amide bonds. The third kappa shape index (κ3) is 3.63. The van der Waals surface area contributed by atoms with E-state index in [4.69, 9.17) is 10.9 Å². The van der Waals surface area contributed by atoms with Crippen LogP contribution in [0.5, 0.6) is 0 Å². The summed E-state index contributed by atoms with van der Waals surface area (Å²) in [6.45, 7) is 0. The van der Waals surface area contributed by atoms with Crippen LogP contribution in [0.3, 0.4) is 0 Å². The van der Waals surface area contributed by atoms with Crippen molar-refractivity contribution in [2.24, 2.45) is 10.9 Å². The van der Waals surface area contributed by atoms with Gasteiger partial charge < -0.3 is 16.3 Å². The van der Waals surface area contributed by atoms with Crippen molar-refractivity contribution >= 4 is 32.9 Å². The SMILES string of the molecule is CN1C2CCC1C(F)C(Nc1cccc3c(CC(F)(F)F)c(/C(N)=N/O)sc13)C2. The van der Waals surface area contributed by atoms with Gasteiger partial charge in [-0.3, -0.25) is 4.90 Å². The van der Waals surface area contributed by atoms with Gasteiger partial charge in [-0.2, -0.15) is 13.2 Å². The Morgan fingerprint density at radius 1 is 1.38 bits per heavy atom. The summed E-state index contributed by atoms with van der Waals surface area (Å²) < 4.78 is 55.0. The summed E-state index contributed by atoms with van der Waals surface area (Å²) in [4.78, 5) is 2.17. The number of oxime groups is 1. The number of nitrogens with two attached hydrogens (primary N) is 1. The fourth-order valence-electron chi connectivity index (χ4n) is 4.65. The molecule has 0 spiro atoms. The van der Waals surface area contributed by atoms with Gasteiger partial charge in [0.1, 0.15) is 6.17 Å². The molecule has 0 radical (unpaired) electrons. The van der Waals surface area contributed by atoms with Crippen molar-refractivity contribution in [3.63, 3.8) is 0 Å². The van der Waals surface area contributed by atoms with Gasteiger partial charge >= 0.3 is 6.18 Å². The number of nitrogens with zero attached hydrogens (tertiary/aromatic N) is 2. The van der Waals surface area contributed by atoms with E-state index >= 15 is 4.39 Å². The highest BCUT2D eigenvalue weighted by atomic mass is 32.1. The summed E-state index contributed by atoms with van der Waals surface area (Å²) in [5, 5.41) is 15.5. The summed E-state index contributed by atoms with van der Waals surface area (Å²) in [5.74, 6) is -0.364. The number of benzene rings is 1. The first-order valence-electron chi connectivity index (χ1n) is 9.41. The third-order valence-corrected chi connectivity index (χ3v) is 7.35. The van der Waals surface area contributed by atoms with Gasteiger partial charge in [-0.05, 0) is 43.3 Å². The quantitative estimate of drug-likeness (QED) is 0.225. The van der Waals surface area contributed by atoms with Crippen LogP contribution in [0.2, 0.25) is 0 Å². The number of anilines is 1. The Morgan fingerprint density at radius 2 is 2.14 bits per heavy atom. The molecule has 29 heavy (non-hydrogen) atoms. The lowest BCUT2D eigenvalue weighted by Gasteiger charge is -2.39. The monoisotopic (exact) mass is 430 g/mol. The smallest absolute Gasteiger partial charge is 0.393 e. The van der Waals surface area contributed by atoms with E-state index in [2.05, 4.69) is 15.4 Å². The lowest BCUT2D eigenvalue weighted by Crippen LogP contribution is -2.53. The maximum absolute atomic E-state index is 15.0. The van der Waals surface area contributed by atoms with Crippen molar-refractivity contribution < 1.29 is 22.8 Å². The number of thiophene rings is 1. The Kier molecular flexibility index (Phi) is 5.10. The van der Waals surface area contributed by atoms with Crippen LogP contribution in [0.25, 0.3) is 10.1 Å². The van der Waals surface area contributed by atoms with Gasteiger partial charge in [0.05, 0.1) is 27.7 Å². The minimum atomic E-state index is -4.45. The molecule has 2 aliphatic heterocycles. The second kappa shape index (κ2) is 7.32. The van der Waals surface area contributed by atoms with E-state index in [0.717, 1.165) is 24.2 Å². The molecule has 2 saturated heterocycles. The molecule has 2 aliphatic rings. The van der Waals surface area contributed by atoms with Crippen molar-refractivity contribution in [1.82, 2.24) is 4.90 Å². The minimum absolute atomic E-state index is 0.0308.